The van der Waals surface area contributed by atoms with Crippen molar-refractivity contribution in [2.24, 2.45) is 0 Å². The predicted octanol–water partition coefficient (Wildman–Crippen LogP) is 2.42. The van der Waals surface area contributed by atoms with E-state index in [-0.39, 0.29) is 35.6 Å². The quantitative estimate of drug-likeness (QED) is 0.443. The summed E-state index contributed by atoms with van der Waals surface area (Å²) >= 11 is 0.989. The van der Waals surface area contributed by atoms with Crippen molar-refractivity contribution in [3.8, 4) is 0 Å². The molecule has 0 fully saturated rings. The van der Waals surface area contributed by atoms with Crippen LogP contribution in [0, 0.1) is 17.0 Å². The number of hydrogen-bond acceptors (Lipinski definition) is 6. The number of halogens is 3. The number of amides is 1. The van der Waals surface area contributed by atoms with Crippen molar-refractivity contribution in [2.45, 2.75) is 24.7 Å². The Kier molecular flexibility index (Phi) is 6.18. The summed E-state index contributed by atoms with van der Waals surface area (Å²) in [6.07, 6.45) is -2.61. The zero-order valence-corrected chi connectivity index (χ0v) is 14.3. The van der Waals surface area contributed by atoms with Crippen LogP contribution in [-0.4, -0.2) is 37.7 Å². The fourth-order valence-corrected chi connectivity index (χ4v) is 2.68. The summed E-state index contributed by atoms with van der Waals surface area (Å²) in [6, 6.07) is 2.09. The van der Waals surface area contributed by atoms with Crippen LogP contribution in [0.2, 0.25) is 0 Å². The maximum atomic E-state index is 12.4. The lowest BCUT2D eigenvalue weighted by Crippen LogP contribution is -2.29. The molecule has 26 heavy (non-hydrogen) atoms. The summed E-state index contributed by atoms with van der Waals surface area (Å²) in [5.41, 5.74) is -0.858. The fourth-order valence-electron chi connectivity index (χ4n) is 2.01. The molecule has 0 radical (unpaired) electrons. The number of carbonyl (C=O) groups excluding carboxylic acids is 1. The molecule has 2 rings (SSSR count). The minimum Gasteiger partial charge on any atom is -0.358 e. The summed E-state index contributed by atoms with van der Waals surface area (Å²) in [6.45, 7) is 1.94. The molecule has 2 aromatic heterocycles. The van der Waals surface area contributed by atoms with Crippen molar-refractivity contribution in [1.29, 1.82) is 0 Å². The van der Waals surface area contributed by atoms with E-state index in [9.17, 15) is 28.1 Å². The van der Waals surface area contributed by atoms with Crippen molar-refractivity contribution >= 4 is 23.5 Å². The maximum absolute atomic E-state index is 12.4. The fraction of sp³-hybridized carbons (Fsp3) is 0.357. The van der Waals surface area contributed by atoms with Gasteiger partial charge in [0.1, 0.15) is 12.7 Å². The number of rotatable bonds is 7. The highest BCUT2D eigenvalue weighted by Crippen LogP contribution is 2.29. The maximum Gasteiger partial charge on any atom is 0.417 e. The first-order valence-corrected chi connectivity index (χ1v) is 8.26. The average Bonchev–Trinajstić information content (AvgIpc) is 2.94. The van der Waals surface area contributed by atoms with Crippen LogP contribution in [-0.2, 0) is 17.5 Å². The summed E-state index contributed by atoms with van der Waals surface area (Å²) in [5, 5.41) is 13.7. The Bertz CT molecular complexity index is 792. The van der Waals surface area contributed by atoms with E-state index in [0.29, 0.717) is 12.0 Å². The Hall–Kier alpha value is -2.63. The van der Waals surface area contributed by atoms with E-state index in [1.165, 1.54) is 10.6 Å². The van der Waals surface area contributed by atoms with Crippen molar-refractivity contribution in [2.75, 3.05) is 12.3 Å². The lowest BCUT2D eigenvalue weighted by Gasteiger charge is -2.07. The molecule has 0 atom stereocenters. The number of thioether (sulfide) groups is 1. The van der Waals surface area contributed by atoms with E-state index >= 15 is 0 Å². The zero-order chi connectivity index (χ0) is 19.3. The molecule has 0 bridgehead atoms. The van der Waals surface area contributed by atoms with Gasteiger partial charge >= 0.3 is 12.0 Å². The van der Waals surface area contributed by atoms with Crippen LogP contribution in [0.1, 0.15) is 11.4 Å². The van der Waals surface area contributed by atoms with Gasteiger partial charge in [-0.2, -0.15) is 13.2 Å². The standard InChI is InChI=1S/C14H14F3N5O3S/c1-9-19-7-13(22(24)25)21(9)5-4-18-11(23)8-26-12-3-2-10(6-20-12)14(15,16)17/h2-3,6-7H,4-5,8H2,1H3,(H,18,23). The molecule has 12 heteroatoms. The largest absolute Gasteiger partial charge is 0.417 e. The van der Waals surface area contributed by atoms with Gasteiger partial charge in [-0.15, -0.1) is 0 Å². The zero-order valence-electron chi connectivity index (χ0n) is 13.5. The molecule has 0 spiro atoms. The molecule has 0 aliphatic rings. The summed E-state index contributed by atoms with van der Waals surface area (Å²) < 4.78 is 38.7. The van der Waals surface area contributed by atoms with Crippen LogP contribution in [0.15, 0.2) is 29.6 Å². The smallest absolute Gasteiger partial charge is 0.358 e. The highest BCUT2D eigenvalue weighted by atomic mass is 32.2. The van der Waals surface area contributed by atoms with Crippen LogP contribution in [0.5, 0.6) is 0 Å². The van der Waals surface area contributed by atoms with Gasteiger partial charge in [0.2, 0.25) is 5.91 Å². The van der Waals surface area contributed by atoms with E-state index in [4.69, 9.17) is 0 Å². The number of hydrogen-bond donors (Lipinski definition) is 1. The molecule has 0 saturated carbocycles. The highest BCUT2D eigenvalue weighted by molar-refractivity contribution is 7.99. The van der Waals surface area contributed by atoms with Crippen molar-refractivity contribution in [3.63, 3.8) is 0 Å². The molecule has 2 aromatic rings. The van der Waals surface area contributed by atoms with E-state index in [2.05, 4.69) is 15.3 Å². The number of aryl methyl sites for hydroxylation is 1. The molecule has 2 heterocycles. The first-order valence-electron chi connectivity index (χ1n) is 7.27. The lowest BCUT2D eigenvalue weighted by molar-refractivity contribution is -0.392. The normalized spacial score (nSPS) is 11.4. The molecule has 8 nitrogen and oxygen atoms in total. The van der Waals surface area contributed by atoms with Gasteiger partial charge in [0, 0.05) is 13.1 Å². The van der Waals surface area contributed by atoms with E-state index in [1.807, 2.05) is 0 Å². The van der Waals surface area contributed by atoms with Crippen LogP contribution < -0.4 is 5.32 Å². The first-order chi connectivity index (χ1) is 12.2. The third-order valence-electron chi connectivity index (χ3n) is 3.29. The Labute approximate surface area is 150 Å². The summed E-state index contributed by atoms with van der Waals surface area (Å²) in [5.74, 6) is -0.116. The number of aromatic nitrogens is 3. The molecule has 0 unspecified atom stereocenters. The number of nitro groups is 1. The van der Waals surface area contributed by atoms with Gasteiger partial charge < -0.3 is 15.4 Å². The molecule has 0 saturated heterocycles. The number of carbonyl (C=O) groups is 1. The first kappa shape index (κ1) is 19.7. The molecular weight excluding hydrogens is 375 g/mol. The van der Waals surface area contributed by atoms with Gasteiger partial charge in [0.15, 0.2) is 5.82 Å². The number of alkyl halides is 3. The SMILES string of the molecule is Cc1ncc([N+](=O)[O-])n1CCNC(=O)CSc1ccc(C(F)(F)F)cn1. The summed E-state index contributed by atoms with van der Waals surface area (Å²) in [7, 11) is 0. The lowest BCUT2D eigenvalue weighted by atomic mass is 10.3. The van der Waals surface area contributed by atoms with E-state index < -0.39 is 16.7 Å². The molecule has 0 aliphatic heterocycles. The van der Waals surface area contributed by atoms with Gasteiger partial charge in [-0.05, 0) is 17.1 Å². The van der Waals surface area contributed by atoms with Gasteiger partial charge in [-0.25, -0.2) is 14.5 Å². The molecular formula is C14H14F3N5O3S. The van der Waals surface area contributed by atoms with Crippen LogP contribution in [0.4, 0.5) is 19.0 Å². The number of imidazole rings is 1. The Morgan fingerprint density at radius 1 is 1.35 bits per heavy atom. The minimum absolute atomic E-state index is 0.0383. The van der Waals surface area contributed by atoms with Gasteiger partial charge in [-0.1, -0.05) is 11.8 Å². The number of pyridine rings is 1. The third kappa shape index (κ3) is 5.18. The van der Waals surface area contributed by atoms with Crippen LogP contribution >= 0.6 is 11.8 Å². The highest BCUT2D eigenvalue weighted by Gasteiger charge is 2.30. The summed E-state index contributed by atoms with van der Waals surface area (Å²) in [4.78, 5) is 29.6. The molecule has 1 N–H and O–H groups in total. The van der Waals surface area contributed by atoms with Crippen molar-refractivity contribution in [3.05, 3.63) is 46.0 Å². The van der Waals surface area contributed by atoms with Gasteiger partial charge in [0.05, 0.1) is 22.9 Å². The second-order valence-corrected chi connectivity index (χ2v) is 6.09. The topological polar surface area (TPSA) is 103 Å². The number of nitrogens with zero attached hydrogens (tertiary/aromatic N) is 4. The molecule has 140 valence electrons. The molecule has 1 amide bonds. The Morgan fingerprint density at radius 3 is 2.65 bits per heavy atom. The van der Waals surface area contributed by atoms with Crippen molar-refractivity contribution in [1.82, 2.24) is 19.9 Å². The second-order valence-electron chi connectivity index (χ2n) is 5.09. The average molecular weight is 389 g/mol. The number of nitrogens with one attached hydrogen (secondary N) is 1. The van der Waals surface area contributed by atoms with E-state index in [0.717, 1.165) is 24.0 Å². The van der Waals surface area contributed by atoms with E-state index in [1.54, 1.807) is 6.92 Å². The molecule has 0 aliphatic carbocycles. The van der Waals surface area contributed by atoms with Crippen LogP contribution in [0.3, 0.4) is 0 Å². The van der Waals surface area contributed by atoms with Gasteiger partial charge in [0.25, 0.3) is 0 Å². The third-order valence-corrected chi connectivity index (χ3v) is 4.24. The van der Waals surface area contributed by atoms with Crippen LogP contribution in [0.25, 0.3) is 0 Å². The monoisotopic (exact) mass is 389 g/mol. The second kappa shape index (κ2) is 8.17. The Balaban J connectivity index is 1.79. The predicted molar refractivity (Wildman–Crippen MR) is 86.6 cm³/mol. The minimum atomic E-state index is -4.46. The molecule has 0 aromatic carbocycles. The van der Waals surface area contributed by atoms with Crippen molar-refractivity contribution < 1.29 is 22.9 Å². The Morgan fingerprint density at radius 2 is 2.08 bits per heavy atom. The van der Waals surface area contributed by atoms with Gasteiger partial charge in [-0.3, -0.25) is 4.79 Å².